The van der Waals surface area contributed by atoms with Gasteiger partial charge in [-0.15, -0.1) is 11.3 Å². The summed E-state index contributed by atoms with van der Waals surface area (Å²) < 4.78 is 38.5. The van der Waals surface area contributed by atoms with Crippen LogP contribution in [0.1, 0.15) is 71.0 Å². The number of allylic oxidation sites excluding steroid dienone is 8. The number of fused-ring (bicyclic) bond motifs is 2. The Hall–Kier alpha value is -4.18. The second-order valence-corrected chi connectivity index (χ2v) is 13.3. The van der Waals surface area contributed by atoms with E-state index < -0.39 is 23.3 Å². The molecule has 0 bridgehead atoms. The van der Waals surface area contributed by atoms with Crippen LogP contribution in [0.15, 0.2) is 64.8 Å². The van der Waals surface area contributed by atoms with E-state index in [0.717, 1.165) is 35.0 Å². The molecule has 2 unspecified atom stereocenters. The zero-order valence-corrected chi connectivity index (χ0v) is 27.6. The first kappa shape index (κ1) is 32.2. The Morgan fingerprint density at radius 3 is 2.73 bits per heavy atom. The van der Waals surface area contributed by atoms with Crippen molar-refractivity contribution < 1.29 is 18.3 Å². The summed E-state index contributed by atoms with van der Waals surface area (Å²) in [5, 5.41) is 6.54. The van der Waals surface area contributed by atoms with Gasteiger partial charge in [0.05, 0.1) is 40.1 Å². The Labute approximate surface area is 267 Å². The Bertz CT molecular complexity index is 1820. The predicted molar refractivity (Wildman–Crippen MR) is 179 cm³/mol. The lowest BCUT2D eigenvalue weighted by Crippen LogP contribution is -2.43. The molecule has 0 fully saturated rings. The van der Waals surface area contributed by atoms with E-state index in [4.69, 9.17) is 14.8 Å². The highest BCUT2D eigenvalue weighted by molar-refractivity contribution is 7.17. The molecule has 0 N–H and O–H groups in total. The van der Waals surface area contributed by atoms with Crippen molar-refractivity contribution >= 4 is 44.9 Å². The molecule has 1 aliphatic heterocycles. The number of hydrogen-bond acceptors (Lipinski definition) is 6. The zero-order chi connectivity index (χ0) is 32.6. The molecule has 45 heavy (non-hydrogen) atoms. The number of pyridine rings is 1. The maximum Gasteiger partial charge on any atom is 0.410 e. The van der Waals surface area contributed by atoms with Crippen molar-refractivity contribution in [2.24, 2.45) is 10.9 Å². The molecule has 3 aromatic heterocycles. The highest BCUT2D eigenvalue weighted by Gasteiger charge is 2.31. The van der Waals surface area contributed by atoms with Crippen molar-refractivity contribution in [2.45, 2.75) is 66.2 Å². The first-order chi connectivity index (χ1) is 21.3. The van der Waals surface area contributed by atoms with Crippen LogP contribution in [-0.4, -0.2) is 50.7 Å². The fraction of sp³-hybridized carbons (Fsp3) is 0.371. The van der Waals surface area contributed by atoms with Crippen LogP contribution >= 0.6 is 11.3 Å². The molecule has 2 atom stereocenters. The molecule has 0 saturated carbocycles. The first-order valence-electron chi connectivity index (χ1n) is 15.1. The third kappa shape index (κ3) is 6.61. The fourth-order valence-electron chi connectivity index (χ4n) is 5.45. The van der Waals surface area contributed by atoms with Gasteiger partial charge in [0.15, 0.2) is 0 Å². The van der Waals surface area contributed by atoms with Gasteiger partial charge in [0.25, 0.3) is 0 Å². The van der Waals surface area contributed by atoms with Gasteiger partial charge in [0, 0.05) is 35.5 Å². The van der Waals surface area contributed by atoms with Gasteiger partial charge in [-0.25, -0.2) is 18.6 Å². The Balaban J connectivity index is 1.68. The monoisotopic (exact) mass is 631 g/mol. The van der Waals surface area contributed by atoms with Crippen LogP contribution in [0, 0.1) is 11.7 Å². The summed E-state index contributed by atoms with van der Waals surface area (Å²) >= 11 is 1.22. The summed E-state index contributed by atoms with van der Waals surface area (Å²) in [6.45, 7) is 16.0. The maximum atomic E-state index is 15.6. The Morgan fingerprint density at radius 1 is 1.31 bits per heavy atom. The second kappa shape index (κ2) is 12.7. The van der Waals surface area contributed by atoms with E-state index in [9.17, 15) is 9.18 Å². The summed E-state index contributed by atoms with van der Waals surface area (Å²) in [5.41, 5.74) is 4.32. The van der Waals surface area contributed by atoms with E-state index in [1.54, 1.807) is 11.9 Å². The molecule has 7 nitrogen and oxygen atoms in total. The van der Waals surface area contributed by atoms with E-state index >= 15 is 4.39 Å². The van der Waals surface area contributed by atoms with Gasteiger partial charge in [-0.3, -0.25) is 9.67 Å². The second-order valence-electron chi connectivity index (χ2n) is 12.5. The minimum atomic E-state index is -0.630. The Morgan fingerprint density at radius 2 is 2.07 bits per heavy atom. The van der Waals surface area contributed by atoms with Gasteiger partial charge >= 0.3 is 6.09 Å². The lowest BCUT2D eigenvalue weighted by atomic mass is 9.93. The lowest BCUT2D eigenvalue weighted by Gasteiger charge is -2.33. The zero-order valence-electron chi connectivity index (χ0n) is 26.8. The number of rotatable bonds is 6. The van der Waals surface area contributed by atoms with Gasteiger partial charge in [-0.05, 0) is 63.5 Å². The van der Waals surface area contributed by atoms with Crippen LogP contribution in [-0.2, 0) is 11.3 Å². The molecule has 0 spiro atoms. The normalized spacial score (nSPS) is 19.7. The summed E-state index contributed by atoms with van der Waals surface area (Å²) in [5.74, 6) is -0.715. The fourth-order valence-corrected chi connectivity index (χ4v) is 6.39. The number of carbonyl (C=O) groups is 1. The van der Waals surface area contributed by atoms with E-state index in [0.29, 0.717) is 34.2 Å². The number of thiophene rings is 1. The first-order valence-corrected chi connectivity index (χ1v) is 16.0. The third-order valence-electron chi connectivity index (χ3n) is 7.80. The van der Waals surface area contributed by atoms with Crippen molar-refractivity contribution in [1.29, 1.82) is 0 Å². The van der Waals surface area contributed by atoms with Crippen LogP contribution in [0.3, 0.4) is 0 Å². The van der Waals surface area contributed by atoms with Crippen molar-refractivity contribution in [2.75, 3.05) is 13.6 Å². The molecular formula is C35H39F2N5O2S. The largest absolute Gasteiger partial charge is 0.444 e. The summed E-state index contributed by atoms with van der Waals surface area (Å²) in [6.07, 6.45) is 11.0. The molecule has 0 saturated heterocycles. The van der Waals surface area contributed by atoms with Gasteiger partial charge in [0.1, 0.15) is 22.9 Å². The van der Waals surface area contributed by atoms with E-state index in [-0.39, 0.29) is 23.5 Å². The minimum Gasteiger partial charge on any atom is -0.444 e. The predicted octanol–water partition coefficient (Wildman–Crippen LogP) is 9.10. The van der Waals surface area contributed by atoms with Crippen LogP contribution in [0.25, 0.3) is 33.1 Å². The van der Waals surface area contributed by atoms with E-state index in [1.807, 2.05) is 56.7 Å². The van der Waals surface area contributed by atoms with Crippen molar-refractivity contribution in [3.8, 4) is 11.4 Å². The molecule has 4 heterocycles. The molecular weight excluding hydrogens is 592 g/mol. The molecule has 3 aromatic rings. The van der Waals surface area contributed by atoms with E-state index in [2.05, 4.69) is 31.5 Å². The van der Waals surface area contributed by atoms with Gasteiger partial charge < -0.3 is 9.64 Å². The summed E-state index contributed by atoms with van der Waals surface area (Å²) in [7, 11) is 1.75. The summed E-state index contributed by atoms with van der Waals surface area (Å²) in [4.78, 5) is 24.1. The van der Waals surface area contributed by atoms with Crippen LogP contribution < -0.4 is 0 Å². The molecule has 10 heteroatoms. The van der Waals surface area contributed by atoms with Crippen LogP contribution in [0.5, 0.6) is 0 Å². The van der Waals surface area contributed by atoms with E-state index in [1.165, 1.54) is 22.8 Å². The van der Waals surface area contributed by atoms with Crippen molar-refractivity contribution in [1.82, 2.24) is 19.7 Å². The number of hydrogen-bond donors (Lipinski definition) is 0. The highest BCUT2D eigenvalue weighted by Crippen LogP contribution is 2.41. The molecule has 1 aliphatic carbocycles. The SMILES string of the molecule is C=CC(F)=Cc1c(-c2cc3n(n2)C(C)CN(C(=O)OC(C)(C)C)C3)nc(C2=CC(=NC)/C(=C\C(C)CC)C=C2)c2scc(F)c12. The number of amides is 1. The molecule has 236 valence electrons. The average Bonchev–Trinajstić information content (AvgIpc) is 3.60. The lowest BCUT2D eigenvalue weighted by molar-refractivity contribution is 0.0167. The quantitative estimate of drug-likeness (QED) is 0.255. The number of aliphatic imine (C=N–C) groups is 1. The molecule has 2 aliphatic rings. The molecule has 5 rings (SSSR count). The van der Waals surface area contributed by atoms with Crippen LogP contribution in [0.4, 0.5) is 13.6 Å². The van der Waals surface area contributed by atoms with Crippen LogP contribution in [0.2, 0.25) is 0 Å². The summed E-state index contributed by atoms with van der Waals surface area (Å²) in [6, 6.07) is 1.66. The standard InChI is InChI=1S/C35H39F2N5O2S/c1-9-20(3)13-22-11-12-23(14-28(22)38-8)31-33-30(27(37)19-45-33)26(15-24(36)10-2)32(39-31)29-16-25-18-41(17-21(4)42(25)40-29)34(43)44-35(5,6)7/h10-16,19-21H,2,9,17-18H2,1,3-8H3/b22-13-,24-15?,38-28?. The molecule has 1 amide bonds. The molecule has 0 aromatic carbocycles. The number of aromatic nitrogens is 3. The number of carbonyl (C=O) groups excluding carboxylic acids is 1. The highest BCUT2D eigenvalue weighted by atomic mass is 32.1. The van der Waals surface area contributed by atoms with Gasteiger partial charge in [0.2, 0.25) is 0 Å². The average molecular weight is 632 g/mol. The Kier molecular flexibility index (Phi) is 9.07. The number of halogens is 2. The van der Waals surface area contributed by atoms with Crippen molar-refractivity contribution in [3.63, 3.8) is 0 Å². The third-order valence-corrected chi connectivity index (χ3v) is 8.76. The smallest absolute Gasteiger partial charge is 0.410 e. The van der Waals surface area contributed by atoms with Gasteiger partial charge in [-0.1, -0.05) is 45.1 Å². The number of nitrogens with zero attached hydrogens (tertiary/aromatic N) is 5. The maximum absolute atomic E-state index is 15.6. The van der Waals surface area contributed by atoms with Crippen molar-refractivity contribution in [3.05, 3.63) is 82.6 Å². The minimum absolute atomic E-state index is 0.164. The number of ether oxygens (including phenoxy) is 1. The van der Waals surface area contributed by atoms with Gasteiger partial charge in [-0.2, -0.15) is 5.10 Å². The molecule has 0 radical (unpaired) electrons. The topological polar surface area (TPSA) is 72.6 Å².